The molecule has 170 valence electrons. The normalized spacial score (nSPS) is 16.5. The Bertz CT molecular complexity index is 965. The van der Waals surface area contributed by atoms with Gasteiger partial charge in [0.25, 0.3) is 0 Å². The lowest BCUT2D eigenvalue weighted by atomic mass is 10.0. The number of carbonyl (C=O) groups excluding carboxylic acids is 1. The highest BCUT2D eigenvalue weighted by atomic mass is 16.4. The number of aromatic nitrogens is 2. The van der Waals surface area contributed by atoms with Gasteiger partial charge in [-0.05, 0) is 48.9 Å². The van der Waals surface area contributed by atoms with Crippen molar-refractivity contribution in [1.29, 1.82) is 0 Å². The van der Waals surface area contributed by atoms with E-state index in [9.17, 15) is 14.7 Å². The molecule has 2 aromatic rings. The number of anilines is 2. The largest absolute Gasteiger partial charge is 0.481 e. The van der Waals surface area contributed by atoms with Crippen LogP contribution in [0.5, 0.6) is 0 Å². The Balaban J connectivity index is 1.30. The predicted octanol–water partition coefficient (Wildman–Crippen LogP) is 2.42. The van der Waals surface area contributed by atoms with Crippen LogP contribution in [0.2, 0.25) is 0 Å². The Morgan fingerprint density at radius 2 is 2.09 bits per heavy atom. The van der Waals surface area contributed by atoms with E-state index in [0.29, 0.717) is 31.0 Å². The fraction of sp³-hybridized carbons (Fsp3) is 0.478. The molecule has 0 spiro atoms. The molecule has 9 heteroatoms. The Kier molecular flexibility index (Phi) is 6.72. The summed E-state index contributed by atoms with van der Waals surface area (Å²) in [5.41, 5.74) is 2.90. The number of nitrogens with zero attached hydrogens (tertiary/aromatic N) is 4. The number of rotatable bonds is 9. The van der Waals surface area contributed by atoms with Gasteiger partial charge in [-0.3, -0.25) is 4.79 Å². The molecular formula is C23H30N6O3. The van der Waals surface area contributed by atoms with Crippen LogP contribution in [0.25, 0.3) is 0 Å². The molecule has 0 aromatic carbocycles. The number of carboxylic acid groups (broad SMARTS) is 1. The molecule has 0 aliphatic carbocycles. The van der Waals surface area contributed by atoms with Gasteiger partial charge in [0.1, 0.15) is 17.6 Å². The fourth-order valence-electron chi connectivity index (χ4n) is 4.27. The van der Waals surface area contributed by atoms with Crippen LogP contribution in [-0.4, -0.2) is 76.6 Å². The van der Waals surface area contributed by atoms with Crippen molar-refractivity contribution in [3.05, 3.63) is 47.3 Å². The zero-order valence-corrected chi connectivity index (χ0v) is 18.4. The summed E-state index contributed by atoms with van der Waals surface area (Å²) in [6.45, 7) is 2.89. The van der Waals surface area contributed by atoms with Crippen LogP contribution in [0, 0.1) is 0 Å². The second kappa shape index (κ2) is 9.84. The smallest absolute Gasteiger partial charge is 0.320 e. The third-order valence-corrected chi connectivity index (χ3v) is 6.14. The molecule has 3 N–H and O–H groups in total. The van der Waals surface area contributed by atoms with Crippen molar-refractivity contribution < 1.29 is 14.7 Å². The zero-order chi connectivity index (χ0) is 22.5. The summed E-state index contributed by atoms with van der Waals surface area (Å²) in [6, 6.07) is 7.62. The average molecular weight is 439 g/mol. The monoisotopic (exact) mass is 438 g/mol. The van der Waals surface area contributed by atoms with Crippen LogP contribution < -0.4 is 10.6 Å². The molecular weight excluding hydrogens is 408 g/mol. The quantitative estimate of drug-likeness (QED) is 0.551. The number of pyridine rings is 2. The Labute approximate surface area is 187 Å². The Hall–Kier alpha value is -3.36. The minimum absolute atomic E-state index is 0.101. The molecule has 4 heterocycles. The van der Waals surface area contributed by atoms with Gasteiger partial charge in [0.2, 0.25) is 0 Å². The van der Waals surface area contributed by atoms with E-state index in [1.807, 2.05) is 0 Å². The molecule has 1 atom stereocenters. The van der Waals surface area contributed by atoms with Crippen LogP contribution in [0.1, 0.15) is 35.6 Å². The van der Waals surface area contributed by atoms with Gasteiger partial charge in [-0.15, -0.1) is 0 Å². The van der Waals surface area contributed by atoms with E-state index >= 15 is 0 Å². The summed E-state index contributed by atoms with van der Waals surface area (Å²) in [7, 11) is 1.76. The van der Waals surface area contributed by atoms with Gasteiger partial charge >= 0.3 is 12.0 Å². The first-order valence-corrected chi connectivity index (χ1v) is 11.2. The van der Waals surface area contributed by atoms with Gasteiger partial charge in [0, 0.05) is 51.7 Å². The van der Waals surface area contributed by atoms with E-state index in [1.54, 1.807) is 35.2 Å². The molecule has 2 aliphatic rings. The van der Waals surface area contributed by atoms with E-state index in [1.165, 1.54) is 5.56 Å². The van der Waals surface area contributed by atoms with Crippen molar-refractivity contribution in [2.45, 2.75) is 31.6 Å². The highest BCUT2D eigenvalue weighted by molar-refractivity contribution is 5.80. The van der Waals surface area contributed by atoms with Gasteiger partial charge in [0.05, 0.1) is 0 Å². The number of hydrogen-bond acceptors (Lipinski definition) is 6. The first-order chi connectivity index (χ1) is 15.5. The molecule has 2 aliphatic heterocycles. The number of amides is 2. The summed E-state index contributed by atoms with van der Waals surface area (Å²) in [5.74, 6) is -0.0912. The van der Waals surface area contributed by atoms with Crippen LogP contribution in [0.3, 0.4) is 0 Å². The van der Waals surface area contributed by atoms with Crippen LogP contribution in [0.4, 0.5) is 16.4 Å². The van der Waals surface area contributed by atoms with Crippen LogP contribution in [-0.2, 0) is 17.6 Å². The third kappa shape index (κ3) is 4.92. The second-order valence-corrected chi connectivity index (χ2v) is 8.28. The average Bonchev–Trinajstić information content (AvgIpc) is 3.16. The molecule has 0 bridgehead atoms. The molecule has 1 fully saturated rings. The SMILES string of the molecule is CNc1ccc([C@@H](CN2CCN(CCCc3ccc4c(n3)NCCC4)C2=O)C(=O)O)cn1. The molecule has 2 aromatic heterocycles. The van der Waals surface area contributed by atoms with Crippen LogP contribution in [0.15, 0.2) is 30.5 Å². The summed E-state index contributed by atoms with van der Waals surface area (Å²) >= 11 is 0. The summed E-state index contributed by atoms with van der Waals surface area (Å²) in [5, 5.41) is 16.0. The number of hydrogen-bond donors (Lipinski definition) is 3. The van der Waals surface area contributed by atoms with Crippen molar-refractivity contribution in [2.75, 3.05) is 50.4 Å². The van der Waals surface area contributed by atoms with Crippen LogP contribution >= 0.6 is 0 Å². The molecule has 0 saturated carbocycles. The minimum Gasteiger partial charge on any atom is -0.481 e. The van der Waals surface area contributed by atoms with Gasteiger partial charge in [0.15, 0.2) is 0 Å². The lowest BCUT2D eigenvalue weighted by Crippen LogP contribution is -2.36. The lowest BCUT2D eigenvalue weighted by Gasteiger charge is -2.22. The number of carbonyl (C=O) groups is 2. The van der Waals surface area contributed by atoms with E-state index in [0.717, 1.165) is 43.7 Å². The highest BCUT2D eigenvalue weighted by Gasteiger charge is 2.32. The predicted molar refractivity (Wildman–Crippen MR) is 122 cm³/mol. The lowest BCUT2D eigenvalue weighted by molar-refractivity contribution is -0.139. The second-order valence-electron chi connectivity index (χ2n) is 8.28. The number of aliphatic carboxylic acids is 1. The maximum atomic E-state index is 12.8. The molecule has 1 saturated heterocycles. The molecule has 9 nitrogen and oxygen atoms in total. The van der Waals surface area contributed by atoms with Gasteiger partial charge in [-0.25, -0.2) is 14.8 Å². The van der Waals surface area contributed by atoms with E-state index in [2.05, 4.69) is 27.8 Å². The molecule has 0 radical (unpaired) electrons. The topological polar surface area (TPSA) is 111 Å². The van der Waals surface area contributed by atoms with Crippen molar-refractivity contribution in [2.24, 2.45) is 0 Å². The van der Waals surface area contributed by atoms with Gasteiger partial charge in [-0.1, -0.05) is 12.1 Å². The number of aryl methyl sites for hydroxylation is 2. The van der Waals surface area contributed by atoms with Crippen molar-refractivity contribution in [3.63, 3.8) is 0 Å². The van der Waals surface area contributed by atoms with Gasteiger partial charge in [-0.2, -0.15) is 0 Å². The van der Waals surface area contributed by atoms with E-state index < -0.39 is 11.9 Å². The summed E-state index contributed by atoms with van der Waals surface area (Å²) in [4.78, 5) is 37.0. The van der Waals surface area contributed by atoms with Crippen molar-refractivity contribution in [1.82, 2.24) is 19.8 Å². The number of fused-ring (bicyclic) bond motifs is 1. The molecule has 0 unspecified atom stereocenters. The summed E-state index contributed by atoms with van der Waals surface area (Å²) in [6.07, 6.45) is 5.40. The number of nitrogens with one attached hydrogen (secondary N) is 2. The van der Waals surface area contributed by atoms with E-state index in [4.69, 9.17) is 4.98 Å². The first kappa shape index (κ1) is 21.9. The van der Waals surface area contributed by atoms with Crippen molar-refractivity contribution in [3.8, 4) is 0 Å². The first-order valence-electron chi connectivity index (χ1n) is 11.2. The van der Waals surface area contributed by atoms with Gasteiger partial charge < -0.3 is 25.5 Å². The Morgan fingerprint density at radius 3 is 2.84 bits per heavy atom. The maximum absolute atomic E-state index is 12.8. The van der Waals surface area contributed by atoms with Crippen molar-refractivity contribution >= 4 is 23.6 Å². The fourth-order valence-corrected chi connectivity index (χ4v) is 4.27. The third-order valence-electron chi connectivity index (χ3n) is 6.14. The highest BCUT2D eigenvalue weighted by Crippen LogP contribution is 2.22. The summed E-state index contributed by atoms with van der Waals surface area (Å²) < 4.78 is 0. The molecule has 4 rings (SSSR count). The number of carboxylic acids is 1. The zero-order valence-electron chi connectivity index (χ0n) is 18.4. The van der Waals surface area contributed by atoms with E-state index in [-0.39, 0.29) is 12.6 Å². The minimum atomic E-state index is -0.956. The Morgan fingerprint density at radius 1 is 1.25 bits per heavy atom. The molecule has 2 amide bonds. The molecule has 32 heavy (non-hydrogen) atoms. The maximum Gasteiger partial charge on any atom is 0.320 e. The standard InChI is InChI=1S/C23H30N6O3/c1-24-20-9-7-17(14-26-20)19(22(30)31)15-29-13-12-28(23(29)32)11-3-5-18-8-6-16-4-2-10-25-21(16)27-18/h6-9,14,19H,2-5,10-13,15H2,1H3,(H,24,26)(H,25,27)(H,30,31)/t19-/m1/s1. The number of urea groups is 1.